The molecule has 0 saturated carbocycles. The predicted octanol–water partition coefficient (Wildman–Crippen LogP) is 4.01. The van der Waals surface area contributed by atoms with Crippen LogP contribution in [0, 0.1) is 10.1 Å². The number of rotatable bonds is 5. The number of aromatic nitrogens is 2. The van der Waals surface area contributed by atoms with E-state index < -0.39 is 4.92 Å². The molecule has 3 rings (SSSR count). The van der Waals surface area contributed by atoms with E-state index in [4.69, 9.17) is 16.3 Å². The first kappa shape index (κ1) is 15.1. The van der Waals surface area contributed by atoms with Gasteiger partial charge in [-0.3, -0.25) is 10.1 Å². The van der Waals surface area contributed by atoms with Crippen LogP contribution >= 0.6 is 11.6 Å². The molecule has 0 saturated heterocycles. The zero-order chi connectivity index (χ0) is 16.2. The lowest BCUT2D eigenvalue weighted by molar-refractivity contribution is -0.384. The summed E-state index contributed by atoms with van der Waals surface area (Å²) in [5, 5.41) is 15.2. The molecule has 7 heteroatoms. The first-order valence-electron chi connectivity index (χ1n) is 6.79. The predicted molar refractivity (Wildman–Crippen MR) is 86.0 cm³/mol. The van der Waals surface area contributed by atoms with Gasteiger partial charge in [0.05, 0.1) is 21.8 Å². The SMILES string of the molecule is O=[N+]([O-])c1ccc(OCc2cnn(-c3ccccc3)c2)c(Cl)c1. The highest BCUT2D eigenvalue weighted by Gasteiger charge is 2.10. The molecule has 0 atom stereocenters. The van der Waals surface area contributed by atoms with E-state index in [1.54, 1.807) is 10.9 Å². The van der Waals surface area contributed by atoms with Crippen molar-refractivity contribution < 1.29 is 9.66 Å². The molecular formula is C16H12ClN3O3. The van der Waals surface area contributed by atoms with Crippen LogP contribution in [0.2, 0.25) is 5.02 Å². The number of hydrogen-bond acceptors (Lipinski definition) is 4. The highest BCUT2D eigenvalue weighted by Crippen LogP contribution is 2.29. The molecule has 0 bridgehead atoms. The molecule has 0 fully saturated rings. The third-order valence-corrected chi connectivity index (χ3v) is 3.47. The second-order valence-corrected chi connectivity index (χ2v) is 5.20. The van der Waals surface area contributed by atoms with E-state index in [0.29, 0.717) is 5.75 Å². The number of nitro groups is 1. The topological polar surface area (TPSA) is 70.2 Å². The van der Waals surface area contributed by atoms with Gasteiger partial charge in [-0.1, -0.05) is 29.8 Å². The lowest BCUT2D eigenvalue weighted by atomic mass is 10.3. The lowest BCUT2D eigenvalue weighted by Gasteiger charge is -2.06. The van der Waals surface area contributed by atoms with Crippen molar-refractivity contribution in [1.82, 2.24) is 9.78 Å². The third kappa shape index (κ3) is 3.49. The van der Waals surface area contributed by atoms with Crippen LogP contribution in [-0.4, -0.2) is 14.7 Å². The van der Waals surface area contributed by atoms with Crippen LogP contribution in [0.25, 0.3) is 5.69 Å². The van der Waals surface area contributed by atoms with Crippen molar-refractivity contribution in [2.24, 2.45) is 0 Å². The van der Waals surface area contributed by atoms with Gasteiger partial charge in [0.15, 0.2) is 0 Å². The second-order valence-electron chi connectivity index (χ2n) is 4.79. The van der Waals surface area contributed by atoms with Crippen molar-refractivity contribution >= 4 is 17.3 Å². The Bertz CT molecular complexity index is 834. The Hall–Kier alpha value is -2.86. The quantitative estimate of drug-likeness (QED) is 0.523. The Morgan fingerprint density at radius 3 is 2.70 bits per heavy atom. The van der Waals surface area contributed by atoms with Crippen LogP contribution in [0.1, 0.15) is 5.56 Å². The zero-order valence-electron chi connectivity index (χ0n) is 11.9. The van der Waals surface area contributed by atoms with Crippen LogP contribution < -0.4 is 4.74 Å². The van der Waals surface area contributed by atoms with Gasteiger partial charge in [0.25, 0.3) is 5.69 Å². The molecule has 3 aromatic rings. The Labute approximate surface area is 137 Å². The third-order valence-electron chi connectivity index (χ3n) is 3.18. The van der Waals surface area contributed by atoms with Gasteiger partial charge in [-0.2, -0.15) is 5.10 Å². The maximum atomic E-state index is 10.7. The maximum Gasteiger partial charge on any atom is 0.271 e. The standard InChI is InChI=1S/C16H12ClN3O3/c17-15-8-14(20(21)22)6-7-16(15)23-11-12-9-18-19(10-12)13-4-2-1-3-5-13/h1-10H,11H2. The van der Waals surface area contributed by atoms with Gasteiger partial charge in [-0.15, -0.1) is 0 Å². The monoisotopic (exact) mass is 329 g/mol. The highest BCUT2D eigenvalue weighted by atomic mass is 35.5. The minimum atomic E-state index is -0.500. The minimum absolute atomic E-state index is 0.0701. The molecule has 0 amide bonds. The van der Waals surface area contributed by atoms with Crippen LogP contribution in [0.4, 0.5) is 5.69 Å². The highest BCUT2D eigenvalue weighted by molar-refractivity contribution is 6.32. The molecule has 0 radical (unpaired) electrons. The van der Waals surface area contributed by atoms with Crippen molar-refractivity contribution in [3.8, 4) is 11.4 Å². The number of ether oxygens (including phenoxy) is 1. The second kappa shape index (κ2) is 6.50. The molecule has 0 aliphatic heterocycles. The number of nitro benzene ring substituents is 1. The molecule has 0 unspecified atom stereocenters. The number of para-hydroxylation sites is 1. The van der Waals surface area contributed by atoms with Gasteiger partial charge in [0.2, 0.25) is 0 Å². The van der Waals surface area contributed by atoms with E-state index in [1.807, 2.05) is 36.5 Å². The average Bonchev–Trinajstić information content (AvgIpc) is 3.03. The van der Waals surface area contributed by atoms with Gasteiger partial charge in [0.1, 0.15) is 12.4 Å². The van der Waals surface area contributed by atoms with E-state index in [0.717, 1.165) is 11.3 Å². The Morgan fingerprint density at radius 2 is 2.00 bits per heavy atom. The number of benzene rings is 2. The smallest absolute Gasteiger partial charge is 0.271 e. The van der Waals surface area contributed by atoms with Crippen LogP contribution in [-0.2, 0) is 6.61 Å². The number of halogens is 1. The van der Waals surface area contributed by atoms with Crippen molar-refractivity contribution in [2.75, 3.05) is 0 Å². The van der Waals surface area contributed by atoms with E-state index in [9.17, 15) is 10.1 Å². The van der Waals surface area contributed by atoms with E-state index in [2.05, 4.69) is 5.10 Å². The molecular weight excluding hydrogens is 318 g/mol. The van der Waals surface area contributed by atoms with Crippen molar-refractivity contribution in [1.29, 1.82) is 0 Å². The zero-order valence-corrected chi connectivity index (χ0v) is 12.7. The van der Waals surface area contributed by atoms with Crippen molar-refractivity contribution in [2.45, 2.75) is 6.61 Å². The fourth-order valence-electron chi connectivity index (χ4n) is 2.04. The van der Waals surface area contributed by atoms with Gasteiger partial charge < -0.3 is 4.74 Å². The van der Waals surface area contributed by atoms with E-state index in [1.165, 1.54) is 18.2 Å². The van der Waals surface area contributed by atoms with Crippen LogP contribution in [0.15, 0.2) is 60.9 Å². The van der Waals surface area contributed by atoms with Gasteiger partial charge in [0, 0.05) is 23.9 Å². The van der Waals surface area contributed by atoms with E-state index in [-0.39, 0.29) is 17.3 Å². The molecule has 23 heavy (non-hydrogen) atoms. The molecule has 1 aromatic heterocycles. The van der Waals surface area contributed by atoms with Crippen molar-refractivity contribution in [3.63, 3.8) is 0 Å². The Morgan fingerprint density at radius 1 is 1.22 bits per heavy atom. The van der Waals surface area contributed by atoms with Gasteiger partial charge in [-0.05, 0) is 18.2 Å². The summed E-state index contributed by atoms with van der Waals surface area (Å²) in [6.07, 6.45) is 3.56. The molecule has 2 aromatic carbocycles. The summed E-state index contributed by atoms with van der Waals surface area (Å²) in [7, 11) is 0. The molecule has 0 N–H and O–H groups in total. The van der Waals surface area contributed by atoms with E-state index >= 15 is 0 Å². The number of non-ortho nitro benzene ring substituents is 1. The number of hydrogen-bond donors (Lipinski definition) is 0. The minimum Gasteiger partial charge on any atom is -0.487 e. The molecule has 0 aliphatic rings. The maximum absolute atomic E-state index is 10.7. The lowest BCUT2D eigenvalue weighted by Crippen LogP contribution is -1.96. The fourth-order valence-corrected chi connectivity index (χ4v) is 2.27. The molecule has 116 valence electrons. The summed E-state index contributed by atoms with van der Waals surface area (Å²) in [4.78, 5) is 10.2. The molecule has 6 nitrogen and oxygen atoms in total. The van der Waals surface area contributed by atoms with Gasteiger partial charge >= 0.3 is 0 Å². The molecule has 0 aliphatic carbocycles. The Balaban J connectivity index is 1.70. The van der Waals surface area contributed by atoms with Crippen LogP contribution in [0.5, 0.6) is 5.75 Å². The summed E-state index contributed by atoms with van der Waals surface area (Å²) in [6, 6.07) is 13.8. The molecule has 0 spiro atoms. The largest absolute Gasteiger partial charge is 0.487 e. The normalized spacial score (nSPS) is 10.5. The summed E-state index contributed by atoms with van der Waals surface area (Å²) >= 11 is 5.99. The van der Waals surface area contributed by atoms with Crippen molar-refractivity contribution in [3.05, 3.63) is 81.6 Å². The fraction of sp³-hybridized carbons (Fsp3) is 0.0625. The summed E-state index contributed by atoms with van der Waals surface area (Å²) < 4.78 is 7.35. The first-order chi connectivity index (χ1) is 11.1. The first-order valence-corrected chi connectivity index (χ1v) is 7.17. The summed E-state index contributed by atoms with van der Waals surface area (Å²) in [5.41, 5.74) is 1.75. The average molecular weight is 330 g/mol. The Kier molecular flexibility index (Phi) is 4.25. The number of nitrogens with zero attached hydrogens (tertiary/aromatic N) is 3. The van der Waals surface area contributed by atoms with Gasteiger partial charge in [-0.25, -0.2) is 4.68 Å². The summed E-state index contributed by atoms with van der Waals surface area (Å²) in [6.45, 7) is 0.268. The van der Waals surface area contributed by atoms with Crippen LogP contribution in [0.3, 0.4) is 0 Å². The summed E-state index contributed by atoms with van der Waals surface area (Å²) in [5.74, 6) is 0.393. The molecule has 1 heterocycles.